The van der Waals surface area contributed by atoms with Crippen molar-refractivity contribution >= 4 is 11.8 Å². The van der Waals surface area contributed by atoms with Crippen molar-refractivity contribution in [3.8, 4) is 22.6 Å². The highest BCUT2D eigenvalue weighted by Gasteiger charge is 2.22. The summed E-state index contributed by atoms with van der Waals surface area (Å²) in [6.45, 7) is 4.01. The van der Waals surface area contributed by atoms with Crippen LogP contribution in [0.4, 0.5) is 0 Å². The van der Waals surface area contributed by atoms with Crippen molar-refractivity contribution in [2.45, 2.75) is 58.0 Å². The molecule has 0 fully saturated rings. The summed E-state index contributed by atoms with van der Waals surface area (Å²) >= 11 is 0. The Hall–Kier alpha value is -4.21. The molecular formula is C28H35N7O3. The van der Waals surface area contributed by atoms with E-state index < -0.39 is 6.04 Å². The summed E-state index contributed by atoms with van der Waals surface area (Å²) in [4.78, 5) is 29.1. The highest BCUT2D eigenvalue weighted by molar-refractivity contribution is 5.93. The molecule has 0 radical (unpaired) electrons. The number of unbranched alkanes of at least 4 members (excludes halogenated alkanes) is 2. The number of nitrogens with one attached hydrogen (secondary N) is 2. The standard InChI is InChI=1S/C28H35N7O3/c1-19(2)35-18-22(16-31-35)27(37)32-24(8-6-5-7-9-26(36)29-3)28-30-17-25(38-28)21-12-10-20(11-13-21)23-14-15-34(4)33-23/h10-19,24H,5-9H2,1-4H3,(H,29,36)(H,32,37)/t24-/m0/s1. The molecule has 3 aromatic heterocycles. The fourth-order valence-corrected chi connectivity index (χ4v) is 4.13. The first kappa shape index (κ1) is 26.8. The van der Waals surface area contributed by atoms with E-state index in [2.05, 4.69) is 25.8 Å². The predicted octanol–water partition coefficient (Wildman–Crippen LogP) is 4.69. The molecular weight excluding hydrogens is 482 g/mol. The molecule has 4 aromatic rings. The van der Waals surface area contributed by atoms with Crippen LogP contribution in [-0.4, -0.2) is 43.4 Å². The average Bonchev–Trinajstić information content (AvgIpc) is 3.69. The van der Waals surface area contributed by atoms with Crippen molar-refractivity contribution < 1.29 is 14.0 Å². The van der Waals surface area contributed by atoms with E-state index in [-0.39, 0.29) is 17.9 Å². The summed E-state index contributed by atoms with van der Waals surface area (Å²) in [5, 5.41) is 14.4. The number of oxazole rings is 1. The first-order chi connectivity index (χ1) is 18.3. The van der Waals surface area contributed by atoms with Crippen LogP contribution in [0.3, 0.4) is 0 Å². The highest BCUT2D eigenvalue weighted by atomic mass is 16.4. The van der Waals surface area contributed by atoms with Gasteiger partial charge in [-0.3, -0.25) is 19.0 Å². The minimum absolute atomic E-state index is 0.0309. The van der Waals surface area contributed by atoms with E-state index in [1.54, 1.807) is 35.0 Å². The second kappa shape index (κ2) is 12.4. The van der Waals surface area contributed by atoms with Crippen LogP contribution in [0, 0.1) is 0 Å². The Kier molecular flexibility index (Phi) is 8.73. The number of carbonyl (C=O) groups is 2. The van der Waals surface area contributed by atoms with Gasteiger partial charge in [0.25, 0.3) is 5.91 Å². The third-order valence-electron chi connectivity index (χ3n) is 6.37. The summed E-state index contributed by atoms with van der Waals surface area (Å²) in [6.07, 6.45) is 10.5. The Labute approximate surface area is 222 Å². The van der Waals surface area contributed by atoms with Gasteiger partial charge in [0.2, 0.25) is 11.8 Å². The summed E-state index contributed by atoms with van der Waals surface area (Å²) in [6, 6.07) is 9.66. The Morgan fingerprint density at radius 2 is 1.79 bits per heavy atom. The SMILES string of the molecule is CNC(=O)CCCCC[C@H](NC(=O)c1cnn(C(C)C)c1)c1ncc(-c2ccc(-c3ccn(C)n3)cc2)o1. The van der Waals surface area contributed by atoms with E-state index in [1.807, 2.05) is 57.4 Å². The second-order valence-corrected chi connectivity index (χ2v) is 9.62. The van der Waals surface area contributed by atoms with Gasteiger partial charge in [0.05, 0.1) is 23.7 Å². The fourth-order valence-electron chi connectivity index (χ4n) is 4.13. The zero-order chi connectivity index (χ0) is 27.1. The third-order valence-corrected chi connectivity index (χ3v) is 6.37. The van der Waals surface area contributed by atoms with E-state index >= 15 is 0 Å². The maximum absolute atomic E-state index is 13.0. The number of hydrogen-bond donors (Lipinski definition) is 2. The molecule has 200 valence electrons. The Morgan fingerprint density at radius 3 is 2.45 bits per heavy atom. The zero-order valence-corrected chi connectivity index (χ0v) is 22.3. The summed E-state index contributed by atoms with van der Waals surface area (Å²) in [5.74, 6) is 0.874. The molecule has 1 aromatic carbocycles. The lowest BCUT2D eigenvalue weighted by molar-refractivity contribution is -0.120. The summed E-state index contributed by atoms with van der Waals surface area (Å²) in [5.41, 5.74) is 3.28. The Bertz CT molecular complexity index is 1350. The monoisotopic (exact) mass is 517 g/mol. The van der Waals surface area contributed by atoms with Gasteiger partial charge in [-0.25, -0.2) is 4.98 Å². The maximum Gasteiger partial charge on any atom is 0.255 e. The van der Waals surface area contributed by atoms with Gasteiger partial charge in [0.1, 0.15) is 6.04 Å². The van der Waals surface area contributed by atoms with Gasteiger partial charge in [-0.2, -0.15) is 10.2 Å². The second-order valence-electron chi connectivity index (χ2n) is 9.62. The molecule has 1 atom stereocenters. The molecule has 4 rings (SSSR count). The smallest absolute Gasteiger partial charge is 0.255 e. The third kappa shape index (κ3) is 6.76. The lowest BCUT2D eigenvalue weighted by atomic mass is 10.1. The largest absolute Gasteiger partial charge is 0.438 e. The topological polar surface area (TPSA) is 120 Å². The lowest BCUT2D eigenvalue weighted by Gasteiger charge is -2.15. The maximum atomic E-state index is 13.0. The van der Waals surface area contributed by atoms with E-state index in [1.165, 1.54) is 0 Å². The summed E-state index contributed by atoms with van der Waals surface area (Å²) in [7, 11) is 3.53. The molecule has 0 unspecified atom stereocenters. The minimum atomic E-state index is -0.411. The van der Waals surface area contributed by atoms with Gasteiger partial charge in [-0.15, -0.1) is 0 Å². The number of nitrogens with zero attached hydrogens (tertiary/aromatic N) is 5. The van der Waals surface area contributed by atoms with E-state index in [9.17, 15) is 9.59 Å². The molecule has 2 amide bonds. The molecule has 0 aliphatic carbocycles. The molecule has 0 aliphatic heterocycles. The van der Waals surface area contributed by atoms with Gasteiger partial charge < -0.3 is 15.1 Å². The van der Waals surface area contributed by atoms with Crippen LogP contribution in [0.1, 0.15) is 74.3 Å². The number of amides is 2. The lowest BCUT2D eigenvalue weighted by Crippen LogP contribution is -2.28. The van der Waals surface area contributed by atoms with Crippen LogP contribution in [0.2, 0.25) is 0 Å². The van der Waals surface area contributed by atoms with E-state index in [0.29, 0.717) is 30.1 Å². The van der Waals surface area contributed by atoms with Gasteiger partial charge in [0.15, 0.2) is 5.76 Å². The molecule has 0 saturated carbocycles. The Morgan fingerprint density at radius 1 is 1.03 bits per heavy atom. The van der Waals surface area contributed by atoms with Crippen LogP contribution in [0.5, 0.6) is 0 Å². The van der Waals surface area contributed by atoms with Crippen molar-refractivity contribution in [1.29, 1.82) is 0 Å². The molecule has 10 heteroatoms. The van der Waals surface area contributed by atoms with Crippen LogP contribution in [-0.2, 0) is 11.8 Å². The first-order valence-electron chi connectivity index (χ1n) is 13.0. The van der Waals surface area contributed by atoms with E-state index in [0.717, 1.165) is 36.1 Å². The molecule has 2 N–H and O–H groups in total. The fraction of sp³-hybridized carbons (Fsp3) is 0.393. The van der Waals surface area contributed by atoms with Crippen LogP contribution in [0.25, 0.3) is 22.6 Å². The number of aryl methyl sites for hydroxylation is 1. The minimum Gasteiger partial charge on any atom is -0.438 e. The quantitative estimate of drug-likeness (QED) is 0.263. The van der Waals surface area contributed by atoms with E-state index in [4.69, 9.17) is 4.42 Å². The normalized spacial score (nSPS) is 12.0. The van der Waals surface area contributed by atoms with Crippen LogP contribution >= 0.6 is 0 Å². The van der Waals surface area contributed by atoms with Crippen molar-refractivity contribution in [3.63, 3.8) is 0 Å². The molecule has 0 bridgehead atoms. The van der Waals surface area contributed by atoms with Gasteiger partial charge >= 0.3 is 0 Å². The number of rotatable bonds is 12. The predicted molar refractivity (Wildman–Crippen MR) is 144 cm³/mol. The van der Waals surface area contributed by atoms with Crippen molar-refractivity contribution in [3.05, 3.63) is 66.6 Å². The molecule has 38 heavy (non-hydrogen) atoms. The number of carbonyl (C=O) groups excluding carboxylic acids is 2. The van der Waals surface area contributed by atoms with Gasteiger partial charge in [-0.1, -0.05) is 37.1 Å². The zero-order valence-electron chi connectivity index (χ0n) is 22.3. The van der Waals surface area contributed by atoms with Gasteiger partial charge in [-0.05, 0) is 32.8 Å². The van der Waals surface area contributed by atoms with Crippen molar-refractivity contribution in [2.75, 3.05) is 7.05 Å². The summed E-state index contributed by atoms with van der Waals surface area (Å²) < 4.78 is 9.67. The van der Waals surface area contributed by atoms with Crippen molar-refractivity contribution in [1.82, 2.24) is 35.2 Å². The van der Waals surface area contributed by atoms with Crippen LogP contribution in [0.15, 0.2) is 59.5 Å². The first-order valence-corrected chi connectivity index (χ1v) is 13.0. The number of aromatic nitrogens is 5. The number of hydrogen-bond acceptors (Lipinski definition) is 6. The molecule has 10 nitrogen and oxygen atoms in total. The molecule has 3 heterocycles. The highest BCUT2D eigenvalue weighted by Crippen LogP contribution is 2.28. The van der Waals surface area contributed by atoms with Crippen LogP contribution < -0.4 is 10.6 Å². The number of benzene rings is 1. The molecule has 0 saturated heterocycles. The van der Waals surface area contributed by atoms with Crippen molar-refractivity contribution in [2.24, 2.45) is 7.05 Å². The Balaban J connectivity index is 1.47. The van der Waals surface area contributed by atoms with Gasteiger partial charge in [0, 0.05) is 50.1 Å². The molecule has 0 aliphatic rings. The molecule has 0 spiro atoms. The average molecular weight is 518 g/mol.